The molecule has 2 rings (SSSR count). The summed E-state index contributed by atoms with van der Waals surface area (Å²) >= 11 is 0. The number of nitrogens with two attached hydrogens (primary N) is 1. The van der Waals surface area contributed by atoms with Crippen LogP contribution in [0, 0.1) is 0 Å². The lowest BCUT2D eigenvalue weighted by Crippen LogP contribution is -2.60. The van der Waals surface area contributed by atoms with E-state index in [1.54, 1.807) is 6.20 Å². The first-order valence-electron chi connectivity index (χ1n) is 6.29. The molecule has 2 heterocycles. The number of alkyl carbamates (subject to hydrolysis) is 1. The first kappa shape index (κ1) is 13.5. The van der Waals surface area contributed by atoms with Gasteiger partial charge in [0.15, 0.2) is 0 Å². The second-order valence-electron chi connectivity index (χ2n) is 5.69. The van der Waals surface area contributed by atoms with Crippen LogP contribution >= 0.6 is 0 Å². The van der Waals surface area contributed by atoms with E-state index in [0.717, 1.165) is 18.8 Å². The molecule has 6 nitrogen and oxygen atoms in total. The minimum atomic E-state index is -0.465. The Bertz CT molecular complexity index is 464. The molecule has 0 unspecified atom stereocenters. The molecule has 0 atom stereocenters. The number of hydrogen-bond acceptors (Lipinski definition) is 5. The molecule has 1 aromatic heterocycles. The zero-order valence-corrected chi connectivity index (χ0v) is 11.5. The molecule has 0 aliphatic carbocycles. The van der Waals surface area contributed by atoms with Crippen LogP contribution in [0.15, 0.2) is 18.3 Å². The Kier molecular flexibility index (Phi) is 3.50. The summed E-state index contributed by atoms with van der Waals surface area (Å²) in [7, 11) is 0. The Labute approximate surface area is 112 Å². The number of pyridine rings is 1. The second kappa shape index (κ2) is 4.95. The fourth-order valence-electron chi connectivity index (χ4n) is 1.89. The summed E-state index contributed by atoms with van der Waals surface area (Å²) in [6, 6.07) is 3.84. The van der Waals surface area contributed by atoms with E-state index in [0.29, 0.717) is 5.82 Å². The van der Waals surface area contributed by atoms with Gasteiger partial charge in [0.05, 0.1) is 6.04 Å². The van der Waals surface area contributed by atoms with Crippen molar-refractivity contribution >= 4 is 17.6 Å². The second-order valence-corrected chi connectivity index (χ2v) is 5.69. The van der Waals surface area contributed by atoms with E-state index in [1.165, 1.54) is 0 Å². The molecule has 1 amide bonds. The lowest BCUT2D eigenvalue weighted by molar-refractivity contribution is 0.0496. The van der Waals surface area contributed by atoms with Crippen molar-refractivity contribution in [2.24, 2.45) is 0 Å². The predicted molar refractivity (Wildman–Crippen MR) is 74.0 cm³/mol. The third kappa shape index (κ3) is 3.74. The average Bonchev–Trinajstić information content (AvgIpc) is 2.20. The van der Waals surface area contributed by atoms with Gasteiger partial charge in [-0.05, 0) is 26.8 Å². The zero-order chi connectivity index (χ0) is 14.0. The Morgan fingerprint density at radius 1 is 1.53 bits per heavy atom. The van der Waals surface area contributed by atoms with Crippen molar-refractivity contribution in [3.8, 4) is 0 Å². The maximum Gasteiger partial charge on any atom is 0.407 e. The third-order valence-electron chi connectivity index (χ3n) is 2.73. The summed E-state index contributed by atoms with van der Waals surface area (Å²) in [5.41, 5.74) is 6.19. The van der Waals surface area contributed by atoms with Gasteiger partial charge in [-0.15, -0.1) is 0 Å². The number of anilines is 2. The van der Waals surface area contributed by atoms with Crippen molar-refractivity contribution in [2.75, 3.05) is 23.7 Å². The minimum Gasteiger partial charge on any atom is -0.444 e. The number of amides is 1. The molecule has 0 radical (unpaired) electrons. The molecule has 104 valence electrons. The third-order valence-corrected chi connectivity index (χ3v) is 2.73. The molecule has 1 aliphatic heterocycles. The predicted octanol–water partition coefficient (Wildman–Crippen LogP) is 1.38. The van der Waals surface area contributed by atoms with Crippen LogP contribution in [0.5, 0.6) is 0 Å². The molecule has 19 heavy (non-hydrogen) atoms. The summed E-state index contributed by atoms with van der Waals surface area (Å²) in [6.07, 6.45) is 1.31. The van der Waals surface area contributed by atoms with Crippen LogP contribution in [0.25, 0.3) is 0 Å². The number of ether oxygens (including phenoxy) is 1. The average molecular weight is 264 g/mol. The SMILES string of the molecule is CC(C)(C)OC(=O)NC1CN(c2ccnc(N)c2)C1. The van der Waals surface area contributed by atoms with E-state index >= 15 is 0 Å². The highest BCUT2D eigenvalue weighted by atomic mass is 16.6. The maximum absolute atomic E-state index is 11.6. The van der Waals surface area contributed by atoms with Gasteiger partial charge in [-0.2, -0.15) is 0 Å². The Morgan fingerprint density at radius 2 is 2.21 bits per heavy atom. The van der Waals surface area contributed by atoms with Gasteiger partial charge in [-0.3, -0.25) is 0 Å². The monoisotopic (exact) mass is 264 g/mol. The van der Waals surface area contributed by atoms with Gasteiger partial charge in [-0.1, -0.05) is 0 Å². The van der Waals surface area contributed by atoms with E-state index in [2.05, 4.69) is 15.2 Å². The molecule has 0 bridgehead atoms. The van der Waals surface area contributed by atoms with E-state index in [4.69, 9.17) is 10.5 Å². The van der Waals surface area contributed by atoms with Gasteiger partial charge in [0.1, 0.15) is 11.4 Å². The summed E-state index contributed by atoms with van der Waals surface area (Å²) in [6.45, 7) is 7.05. The van der Waals surface area contributed by atoms with Crippen LogP contribution in [-0.4, -0.2) is 35.8 Å². The van der Waals surface area contributed by atoms with Crippen LogP contribution in [0.1, 0.15) is 20.8 Å². The summed E-state index contributed by atoms with van der Waals surface area (Å²) in [5, 5.41) is 2.84. The van der Waals surface area contributed by atoms with Crippen molar-refractivity contribution in [3.05, 3.63) is 18.3 Å². The van der Waals surface area contributed by atoms with Crippen LogP contribution in [0.2, 0.25) is 0 Å². The highest BCUT2D eigenvalue weighted by Crippen LogP contribution is 2.21. The van der Waals surface area contributed by atoms with Crippen molar-refractivity contribution < 1.29 is 9.53 Å². The molecule has 1 aromatic rings. The molecule has 0 aromatic carbocycles. The molecule has 3 N–H and O–H groups in total. The van der Waals surface area contributed by atoms with Crippen molar-refractivity contribution in [1.29, 1.82) is 0 Å². The molecule has 6 heteroatoms. The quantitative estimate of drug-likeness (QED) is 0.843. The van der Waals surface area contributed by atoms with Gasteiger partial charge in [0, 0.05) is 31.0 Å². The fourth-order valence-corrected chi connectivity index (χ4v) is 1.89. The van der Waals surface area contributed by atoms with E-state index in [9.17, 15) is 4.79 Å². The van der Waals surface area contributed by atoms with Crippen molar-refractivity contribution in [2.45, 2.75) is 32.4 Å². The number of carbonyl (C=O) groups excluding carboxylic acids is 1. The largest absolute Gasteiger partial charge is 0.444 e. The highest BCUT2D eigenvalue weighted by Gasteiger charge is 2.29. The van der Waals surface area contributed by atoms with Gasteiger partial charge < -0.3 is 20.7 Å². The first-order chi connectivity index (χ1) is 8.83. The molecule has 0 saturated carbocycles. The highest BCUT2D eigenvalue weighted by molar-refractivity contribution is 5.69. The zero-order valence-electron chi connectivity index (χ0n) is 11.5. The molecule has 0 spiro atoms. The maximum atomic E-state index is 11.6. The summed E-state index contributed by atoms with van der Waals surface area (Å²) < 4.78 is 5.21. The number of rotatable bonds is 2. The normalized spacial score (nSPS) is 15.8. The van der Waals surface area contributed by atoms with Crippen molar-refractivity contribution in [1.82, 2.24) is 10.3 Å². The minimum absolute atomic E-state index is 0.115. The Balaban J connectivity index is 1.79. The van der Waals surface area contributed by atoms with E-state index < -0.39 is 5.60 Å². The molecule has 1 aliphatic rings. The molecular weight excluding hydrogens is 244 g/mol. The number of aromatic nitrogens is 1. The van der Waals surface area contributed by atoms with Gasteiger partial charge >= 0.3 is 6.09 Å². The Morgan fingerprint density at radius 3 is 2.79 bits per heavy atom. The number of nitrogens with one attached hydrogen (secondary N) is 1. The standard InChI is InChI=1S/C13H20N4O2/c1-13(2,3)19-12(18)16-9-7-17(8-9)10-4-5-15-11(14)6-10/h4-6,9H,7-8H2,1-3H3,(H2,14,15)(H,16,18). The lowest BCUT2D eigenvalue weighted by atomic mass is 10.1. The fraction of sp³-hybridized carbons (Fsp3) is 0.538. The van der Waals surface area contributed by atoms with Gasteiger partial charge in [0.25, 0.3) is 0 Å². The first-order valence-corrected chi connectivity index (χ1v) is 6.29. The molecule has 1 fully saturated rings. The van der Waals surface area contributed by atoms with Gasteiger partial charge in [-0.25, -0.2) is 9.78 Å². The smallest absolute Gasteiger partial charge is 0.407 e. The Hall–Kier alpha value is -1.98. The molecule has 1 saturated heterocycles. The topological polar surface area (TPSA) is 80.5 Å². The van der Waals surface area contributed by atoms with Gasteiger partial charge in [0.2, 0.25) is 0 Å². The number of nitrogen functional groups attached to an aromatic ring is 1. The van der Waals surface area contributed by atoms with Crippen LogP contribution in [0.3, 0.4) is 0 Å². The number of hydrogen-bond donors (Lipinski definition) is 2. The van der Waals surface area contributed by atoms with Crippen LogP contribution < -0.4 is 16.0 Å². The molecular formula is C13H20N4O2. The van der Waals surface area contributed by atoms with Crippen LogP contribution in [0.4, 0.5) is 16.3 Å². The van der Waals surface area contributed by atoms with E-state index in [-0.39, 0.29) is 12.1 Å². The number of nitrogens with zero attached hydrogens (tertiary/aromatic N) is 2. The van der Waals surface area contributed by atoms with E-state index in [1.807, 2.05) is 32.9 Å². The lowest BCUT2D eigenvalue weighted by Gasteiger charge is -2.41. The summed E-state index contributed by atoms with van der Waals surface area (Å²) in [5.74, 6) is 0.501. The van der Waals surface area contributed by atoms with Crippen LogP contribution in [-0.2, 0) is 4.74 Å². The summed E-state index contributed by atoms with van der Waals surface area (Å²) in [4.78, 5) is 17.7. The number of carbonyl (C=O) groups is 1. The van der Waals surface area contributed by atoms with Crippen molar-refractivity contribution in [3.63, 3.8) is 0 Å².